The number of hydrogen-bond acceptors (Lipinski definition) is 2. The highest BCUT2D eigenvalue weighted by Gasteiger charge is 2.13. The van der Waals surface area contributed by atoms with Crippen LogP contribution in [0.2, 0.25) is 0 Å². The van der Waals surface area contributed by atoms with Crippen LogP contribution >= 0.6 is 0 Å². The van der Waals surface area contributed by atoms with E-state index in [-0.39, 0.29) is 5.97 Å². The summed E-state index contributed by atoms with van der Waals surface area (Å²) in [4.78, 5) is 12.5. The first-order valence-corrected chi connectivity index (χ1v) is 19.5. The number of unbranched alkanes of at least 4 members (excludes halogenated alkanes) is 24. The summed E-state index contributed by atoms with van der Waals surface area (Å²) in [5.74, 6) is 0.629. The molecule has 0 saturated carbocycles. The second kappa shape index (κ2) is 31.9. The third-order valence-corrected chi connectivity index (χ3v) is 9.22. The lowest BCUT2D eigenvalue weighted by atomic mass is 9.89. The standard InChI is InChI=1S/C40H80O2/c1-6-8-10-12-14-16-18-22-26-30-34-38(33-29-25-21-15-13-11-9-7-2)37-42-39(41)35-31-27-23-19-17-20-24-28-32-36-40(3,4)5/h38H,6-37H2,1-5H3. The molecule has 0 amide bonds. The van der Waals surface area contributed by atoms with Gasteiger partial charge < -0.3 is 4.74 Å². The zero-order valence-electron chi connectivity index (χ0n) is 30.0. The van der Waals surface area contributed by atoms with Crippen molar-refractivity contribution in [2.75, 3.05) is 6.61 Å². The minimum Gasteiger partial charge on any atom is -0.465 e. The Balaban J connectivity index is 3.98. The number of ether oxygens (including phenoxy) is 1. The molecule has 0 aliphatic carbocycles. The molecule has 42 heavy (non-hydrogen) atoms. The fraction of sp³-hybridized carbons (Fsp3) is 0.975. The number of carbonyl (C=O) groups is 1. The van der Waals surface area contributed by atoms with Crippen LogP contribution in [0.5, 0.6) is 0 Å². The van der Waals surface area contributed by atoms with Gasteiger partial charge in [-0.15, -0.1) is 0 Å². The third kappa shape index (κ3) is 34.0. The molecule has 0 heterocycles. The van der Waals surface area contributed by atoms with Crippen molar-refractivity contribution in [2.24, 2.45) is 11.3 Å². The Morgan fingerprint density at radius 1 is 0.476 bits per heavy atom. The Kier molecular flexibility index (Phi) is 31.5. The zero-order valence-corrected chi connectivity index (χ0v) is 30.0. The van der Waals surface area contributed by atoms with Crippen molar-refractivity contribution in [1.82, 2.24) is 0 Å². The smallest absolute Gasteiger partial charge is 0.305 e. The van der Waals surface area contributed by atoms with Crippen molar-refractivity contribution < 1.29 is 9.53 Å². The van der Waals surface area contributed by atoms with Crippen LogP contribution in [0.25, 0.3) is 0 Å². The van der Waals surface area contributed by atoms with Crippen LogP contribution in [0.1, 0.15) is 234 Å². The molecular weight excluding hydrogens is 512 g/mol. The van der Waals surface area contributed by atoms with Gasteiger partial charge in [-0.1, -0.05) is 202 Å². The monoisotopic (exact) mass is 593 g/mol. The summed E-state index contributed by atoms with van der Waals surface area (Å²) in [6.45, 7) is 12.3. The SMILES string of the molecule is CCCCCCCCCCCCC(CCCCCCCCCC)COC(=O)CCCCCCCCCCCC(C)(C)C. The Morgan fingerprint density at radius 3 is 1.19 bits per heavy atom. The minimum absolute atomic E-state index is 0.0536. The van der Waals surface area contributed by atoms with Crippen molar-refractivity contribution in [3.8, 4) is 0 Å². The van der Waals surface area contributed by atoms with Gasteiger partial charge in [0.25, 0.3) is 0 Å². The van der Waals surface area contributed by atoms with Crippen molar-refractivity contribution in [2.45, 2.75) is 234 Å². The van der Waals surface area contributed by atoms with E-state index in [1.807, 2.05) is 0 Å². The summed E-state index contributed by atoms with van der Waals surface area (Å²) in [5, 5.41) is 0. The number of rotatable bonds is 33. The number of esters is 1. The van der Waals surface area contributed by atoms with Crippen LogP contribution < -0.4 is 0 Å². The van der Waals surface area contributed by atoms with Gasteiger partial charge in [-0.05, 0) is 37.0 Å². The molecule has 0 spiro atoms. The van der Waals surface area contributed by atoms with Crippen LogP contribution in [0.4, 0.5) is 0 Å². The molecule has 0 rings (SSSR count). The summed E-state index contributed by atoms with van der Waals surface area (Å²) < 4.78 is 5.84. The lowest BCUT2D eigenvalue weighted by Crippen LogP contribution is -2.14. The van der Waals surface area contributed by atoms with E-state index < -0.39 is 0 Å². The predicted octanol–water partition coefficient (Wildman–Crippen LogP) is 14.3. The van der Waals surface area contributed by atoms with Crippen LogP contribution in [0, 0.1) is 11.3 Å². The Bertz CT molecular complexity index is 534. The first-order chi connectivity index (χ1) is 20.4. The molecule has 0 saturated heterocycles. The molecule has 0 aliphatic heterocycles. The van der Waals surface area contributed by atoms with E-state index in [1.165, 1.54) is 186 Å². The summed E-state index contributed by atoms with van der Waals surface area (Å²) in [6.07, 6.45) is 41.0. The van der Waals surface area contributed by atoms with Gasteiger partial charge in [0.05, 0.1) is 6.61 Å². The summed E-state index contributed by atoms with van der Waals surface area (Å²) in [5.41, 5.74) is 0.488. The minimum atomic E-state index is 0.0536. The average Bonchev–Trinajstić information content (AvgIpc) is 2.95. The Morgan fingerprint density at radius 2 is 0.810 bits per heavy atom. The lowest BCUT2D eigenvalue weighted by Gasteiger charge is -2.17. The first kappa shape index (κ1) is 41.5. The maximum atomic E-state index is 12.5. The normalized spacial score (nSPS) is 12.6. The van der Waals surface area contributed by atoms with Gasteiger partial charge in [-0.3, -0.25) is 4.79 Å². The molecule has 2 heteroatoms. The lowest BCUT2D eigenvalue weighted by molar-refractivity contribution is -0.145. The summed E-state index contributed by atoms with van der Waals surface area (Å²) >= 11 is 0. The molecule has 1 atom stereocenters. The highest BCUT2D eigenvalue weighted by Crippen LogP contribution is 2.23. The zero-order chi connectivity index (χ0) is 31.0. The van der Waals surface area contributed by atoms with Gasteiger partial charge in [-0.2, -0.15) is 0 Å². The maximum absolute atomic E-state index is 12.5. The largest absolute Gasteiger partial charge is 0.465 e. The third-order valence-electron chi connectivity index (χ3n) is 9.22. The Labute approximate surface area is 266 Å². The molecule has 0 aliphatic rings. The molecule has 0 aromatic carbocycles. The molecule has 2 nitrogen and oxygen atoms in total. The van der Waals surface area contributed by atoms with E-state index >= 15 is 0 Å². The van der Waals surface area contributed by atoms with E-state index in [0.717, 1.165) is 6.42 Å². The van der Waals surface area contributed by atoms with Gasteiger partial charge in [-0.25, -0.2) is 0 Å². The van der Waals surface area contributed by atoms with E-state index in [9.17, 15) is 4.79 Å². The highest BCUT2D eigenvalue weighted by molar-refractivity contribution is 5.69. The van der Waals surface area contributed by atoms with Gasteiger partial charge >= 0.3 is 5.97 Å². The first-order valence-electron chi connectivity index (χ1n) is 19.5. The second-order valence-electron chi connectivity index (χ2n) is 15.0. The summed E-state index contributed by atoms with van der Waals surface area (Å²) in [7, 11) is 0. The molecule has 0 aromatic heterocycles. The fourth-order valence-corrected chi connectivity index (χ4v) is 6.24. The average molecular weight is 593 g/mol. The van der Waals surface area contributed by atoms with Gasteiger partial charge in [0.15, 0.2) is 0 Å². The van der Waals surface area contributed by atoms with Gasteiger partial charge in [0.1, 0.15) is 0 Å². The van der Waals surface area contributed by atoms with Crippen molar-refractivity contribution in [3.63, 3.8) is 0 Å². The van der Waals surface area contributed by atoms with E-state index in [4.69, 9.17) is 4.74 Å². The highest BCUT2D eigenvalue weighted by atomic mass is 16.5. The van der Waals surface area contributed by atoms with Crippen molar-refractivity contribution >= 4 is 5.97 Å². The predicted molar refractivity (Wildman–Crippen MR) is 188 cm³/mol. The van der Waals surface area contributed by atoms with Crippen LogP contribution in [0.15, 0.2) is 0 Å². The molecule has 0 N–H and O–H groups in total. The molecule has 252 valence electrons. The van der Waals surface area contributed by atoms with E-state index in [2.05, 4.69) is 34.6 Å². The number of carbonyl (C=O) groups excluding carboxylic acids is 1. The van der Waals surface area contributed by atoms with Crippen LogP contribution in [0.3, 0.4) is 0 Å². The van der Waals surface area contributed by atoms with E-state index in [1.54, 1.807) is 0 Å². The fourth-order valence-electron chi connectivity index (χ4n) is 6.24. The maximum Gasteiger partial charge on any atom is 0.305 e. The molecular formula is C40H80O2. The number of hydrogen-bond donors (Lipinski definition) is 0. The van der Waals surface area contributed by atoms with Crippen LogP contribution in [-0.4, -0.2) is 12.6 Å². The van der Waals surface area contributed by atoms with Gasteiger partial charge in [0.2, 0.25) is 0 Å². The molecule has 0 radical (unpaired) electrons. The second-order valence-corrected chi connectivity index (χ2v) is 15.0. The topological polar surface area (TPSA) is 26.3 Å². The quantitative estimate of drug-likeness (QED) is 0.0559. The Hall–Kier alpha value is -0.530. The summed E-state index contributed by atoms with van der Waals surface area (Å²) in [6, 6.07) is 0. The van der Waals surface area contributed by atoms with Gasteiger partial charge in [0, 0.05) is 6.42 Å². The van der Waals surface area contributed by atoms with Crippen molar-refractivity contribution in [3.05, 3.63) is 0 Å². The van der Waals surface area contributed by atoms with Crippen molar-refractivity contribution in [1.29, 1.82) is 0 Å². The molecule has 0 aromatic rings. The molecule has 1 unspecified atom stereocenters. The van der Waals surface area contributed by atoms with Crippen LogP contribution in [-0.2, 0) is 9.53 Å². The molecule has 0 bridgehead atoms. The van der Waals surface area contributed by atoms with E-state index in [0.29, 0.717) is 24.4 Å². The molecule has 0 fully saturated rings.